The lowest BCUT2D eigenvalue weighted by atomic mass is 10.0. The molecule has 1 amide bonds. The smallest absolute Gasteiger partial charge is 0.338 e. The van der Waals surface area contributed by atoms with E-state index in [0.717, 1.165) is 52.7 Å². The lowest BCUT2D eigenvalue weighted by Crippen LogP contribution is -2.66. The van der Waals surface area contributed by atoms with Crippen molar-refractivity contribution in [1.29, 1.82) is 0 Å². The van der Waals surface area contributed by atoms with Crippen molar-refractivity contribution in [2.75, 3.05) is 33.5 Å². The average Bonchev–Trinajstić information content (AvgIpc) is 3.64. The third-order valence-electron chi connectivity index (χ3n) is 11.5. The number of methoxy groups -OCH3 is 1. The normalized spacial score (nSPS) is 15.9. The van der Waals surface area contributed by atoms with Gasteiger partial charge in [-0.2, -0.15) is 0 Å². The minimum Gasteiger partial charge on any atom is -0.496 e. The van der Waals surface area contributed by atoms with E-state index in [4.69, 9.17) is 23.1 Å². The maximum Gasteiger partial charge on any atom is 0.338 e. The Hall–Kier alpha value is -5.32. The van der Waals surface area contributed by atoms with Crippen LogP contribution in [-0.2, 0) is 26.9 Å². The molecule has 57 heavy (non-hydrogen) atoms. The Bertz CT molecular complexity index is 2350. The highest BCUT2D eigenvalue weighted by Gasteiger charge is 2.50. The van der Waals surface area contributed by atoms with Crippen molar-refractivity contribution >= 4 is 52.4 Å². The second kappa shape index (κ2) is 15.9. The van der Waals surface area contributed by atoms with Crippen molar-refractivity contribution in [3.63, 3.8) is 0 Å². The molecule has 1 atom stereocenters. The van der Waals surface area contributed by atoms with Crippen LogP contribution in [0.4, 0.5) is 0 Å². The summed E-state index contributed by atoms with van der Waals surface area (Å²) in [5.41, 5.74) is 3.80. The predicted octanol–water partition coefficient (Wildman–Crippen LogP) is 8.28. The van der Waals surface area contributed by atoms with Gasteiger partial charge in [0.2, 0.25) is 5.91 Å². The highest BCUT2D eigenvalue weighted by atomic mass is 28.4. The van der Waals surface area contributed by atoms with Crippen LogP contribution in [0.25, 0.3) is 33.3 Å². The van der Waals surface area contributed by atoms with Crippen molar-refractivity contribution in [3.8, 4) is 23.0 Å². The number of carbonyl (C=O) groups is 2. The number of carbonyl (C=O) groups excluding carboxylic acids is 2. The van der Waals surface area contributed by atoms with Gasteiger partial charge >= 0.3 is 5.97 Å². The molecule has 296 valence electrons. The van der Waals surface area contributed by atoms with Gasteiger partial charge in [0.05, 0.1) is 42.5 Å². The first-order valence-corrected chi connectivity index (χ1v) is 22.1. The van der Waals surface area contributed by atoms with Crippen LogP contribution in [-0.4, -0.2) is 58.2 Å². The summed E-state index contributed by atoms with van der Waals surface area (Å²) in [7, 11) is -1.23. The lowest BCUT2D eigenvalue weighted by molar-refractivity contribution is -0.119. The monoisotopic (exact) mass is 784 g/mol. The predicted molar refractivity (Wildman–Crippen MR) is 226 cm³/mol. The number of para-hydroxylation sites is 1. The minimum absolute atomic E-state index is 0.0686. The van der Waals surface area contributed by atoms with E-state index in [0.29, 0.717) is 61.2 Å². The molecule has 1 saturated carbocycles. The van der Waals surface area contributed by atoms with Crippen LogP contribution in [0.15, 0.2) is 101 Å². The third-order valence-corrected chi connectivity index (χ3v) is 16.5. The van der Waals surface area contributed by atoms with Gasteiger partial charge in [0.1, 0.15) is 17.1 Å². The second-order valence-corrected chi connectivity index (χ2v) is 20.7. The summed E-state index contributed by atoms with van der Waals surface area (Å²) in [4.78, 5) is 25.1. The second-order valence-electron chi connectivity index (χ2n) is 16.4. The van der Waals surface area contributed by atoms with E-state index in [1.165, 1.54) is 10.4 Å². The number of nitrogens with one attached hydrogen (secondary N) is 1. The number of esters is 1. The Balaban J connectivity index is 1.27. The fourth-order valence-corrected chi connectivity index (χ4v) is 13.2. The third kappa shape index (κ3) is 7.48. The lowest BCUT2D eigenvalue weighted by Gasteiger charge is -2.43. The molecule has 0 spiro atoms. The average molecular weight is 785 g/mol. The Morgan fingerprint density at radius 1 is 0.912 bits per heavy atom. The van der Waals surface area contributed by atoms with E-state index in [1.54, 1.807) is 26.2 Å². The SMILES string of the molecule is CCOC(=O)c1cc(OC)c2c(CCO[Si](c3ccccc3)(c3ccccc3)C(C)(C)C)c(-c3cc4cccc(OCC5CNC(=O)C5)c4n3CC3CC3)oc2c1. The maximum absolute atomic E-state index is 13.1. The molecule has 1 unspecified atom stereocenters. The van der Waals surface area contributed by atoms with Crippen molar-refractivity contribution < 1.29 is 32.6 Å². The van der Waals surface area contributed by atoms with Crippen LogP contribution >= 0.6 is 0 Å². The number of furan rings is 1. The van der Waals surface area contributed by atoms with E-state index in [1.807, 2.05) is 12.1 Å². The van der Waals surface area contributed by atoms with Crippen LogP contribution in [0.5, 0.6) is 11.5 Å². The summed E-state index contributed by atoms with van der Waals surface area (Å²) >= 11 is 0. The molecule has 3 heterocycles. The van der Waals surface area contributed by atoms with Crippen molar-refractivity contribution in [2.24, 2.45) is 11.8 Å². The van der Waals surface area contributed by atoms with Gasteiger partial charge in [-0.15, -0.1) is 0 Å². The van der Waals surface area contributed by atoms with Crippen molar-refractivity contribution in [3.05, 3.63) is 108 Å². The first-order valence-electron chi connectivity index (χ1n) is 20.2. The molecule has 1 aliphatic heterocycles. The molecule has 2 fully saturated rings. The van der Waals surface area contributed by atoms with Gasteiger partial charge in [-0.25, -0.2) is 4.79 Å². The maximum atomic E-state index is 13.1. The molecule has 0 bridgehead atoms. The van der Waals surface area contributed by atoms with Gasteiger partial charge < -0.3 is 32.9 Å². The molecule has 1 saturated heterocycles. The summed E-state index contributed by atoms with van der Waals surface area (Å²) in [6.07, 6.45) is 3.32. The van der Waals surface area contributed by atoms with Crippen LogP contribution in [0.1, 0.15) is 62.9 Å². The molecular formula is C47H52N2O7Si. The van der Waals surface area contributed by atoms with E-state index in [2.05, 4.69) is 103 Å². The van der Waals surface area contributed by atoms with Gasteiger partial charge in [-0.3, -0.25) is 4.79 Å². The number of aromatic nitrogens is 1. The quantitative estimate of drug-likeness (QED) is 0.0827. The fraction of sp³-hybridized carbons (Fsp3) is 0.362. The molecule has 0 radical (unpaired) electrons. The highest BCUT2D eigenvalue weighted by molar-refractivity contribution is 6.99. The Kier molecular flexibility index (Phi) is 10.8. The van der Waals surface area contributed by atoms with Crippen LogP contribution in [0.2, 0.25) is 5.04 Å². The first kappa shape index (κ1) is 38.5. The summed E-state index contributed by atoms with van der Waals surface area (Å²) in [5.74, 6) is 2.34. The zero-order valence-corrected chi connectivity index (χ0v) is 34.6. The molecule has 4 aromatic carbocycles. The zero-order valence-electron chi connectivity index (χ0n) is 33.6. The van der Waals surface area contributed by atoms with Gasteiger partial charge in [0, 0.05) is 43.0 Å². The van der Waals surface area contributed by atoms with E-state index >= 15 is 0 Å². The van der Waals surface area contributed by atoms with Crippen LogP contribution in [0.3, 0.4) is 0 Å². The van der Waals surface area contributed by atoms with E-state index < -0.39 is 14.3 Å². The molecule has 9 nitrogen and oxygen atoms in total. The summed E-state index contributed by atoms with van der Waals surface area (Å²) in [5, 5.41) is 7.01. The van der Waals surface area contributed by atoms with E-state index in [-0.39, 0.29) is 23.5 Å². The highest BCUT2D eigenvalue weighted by Crippen LogP contribution is 2.45. The van der Waals surface area contributed by atoms with Gasteiger partial charge in [-0.1, -0.05) is 93.6 Å². The number of rotatable bonds is 15. The Labute approximate surface area is 335 Å². The Morgan fingerprint density at radius 2 is 1.63 bits per heavy atom. The number of ether oxygens (including phenoxy) is 3. The summed E-state index contributed by atoms with van der Waals surface area (Å²) in [6, 6.07) is 33.2. The fourth-order valence-electron chi connectivity index (χ4n) is 8.59. The van der Waals surface area contributed by atoms with Crippen LogP contribution in [0, 0.1) is 11.8 Å². The van der Waals surface area contributed by atoms with Gasteiger partial charge in [-0.05, 0) is 71.8 Å². The van der Waals surface area contributed by atoms with Gasteiger partial charge in [0.15, 0.2) is 5.76 Å². The van der Waals surface area contributed by atoms with Crippen molar-refractivity contribution in [2.45, 2.75) is 65.0 Å². The largest absolute Gasteiger partial charge is 0.496 e. The summed E-state index contributed by atoms with van der Waals surface area (Å²) in [6.45, 7) is 11.2. The summed E-state index contributed by atoms with van der Waals surface area (Å²) < 4.78 is 34.7. The number of fused-ring (bicyclic) bond motifs is 2. The van der Waals surface area contributed by atoms with Crippen molar-refractivity contribution in [1.82, 2.24) is 9.88 Å². The number of nitrogens with zero attached hydrogens (tertiary/aromatic N) is 1. The molecule has 6 aromatic rings. The van der Waals surface area contributed by atoms with Gasteiger partial charge in [0.25, 0.3) is 8.32 Å². The zero-order chi connectivity index (χ0) is 39.7. The molecule has 8 rings (SSSR count). The molecule has 2 aromatic heterocycles. The number of benzene rings is 4. The molecule has 1 N–H and O–H groups in total. The molecule has 1 aliphatic carbocycles. The number of hydrogen-bond donors (Lipinski definition) is 1. The van der Waals surface area contributed by atoms with Crippen LogP contribution < -0.4 is 25.2 Å². The topological polar surface area (TPSA) is 101 Å². The Morgan fingerprint density at radius 3 is 2.25 bits per heavy atom. The minimum atomic E-state index is -2.86. The standard InChI is InChI=1S/C47H52N2O7Si/c1-6-53-46(51)34-26-40(52-5)43-37(22-23-55-57(47(2,3)4,35-15-9-7-10-16-35)36-17-11-8-12-18-36)45(56-41(43)27-34)38-25-33-14-13-19-39(44(33)49(38)29-31-20-21-31)54-30-32-24-42(50)48-28-32/h7-19,25-27,31-32H,6,20-24,28-30H2,1-5H3,(H,48,50). The molecule has 10 heteroatoms. The van der Waals surface area contributed by atoms with E-state index in [9.17, 15) is 9.59 Å². The first-order chi connectivity index (χ1) is 27.6. The molecular weight excluding hydrogens is 733 g/mol. The molecule has 2 aliphatic rings. The number of hydrogen-bond acceptors (Lipinski definition) is 7. The number of amides is 1.